The molecule has 2 unspecified atom stereocenters. The molecule has 1 saturated heterocycles. The number of likely N-dealkylation sites (tertiary alicyclic amines) is 1. The smallest absolute Gasteiger partial charge is 0.220 e. The summed E-state index contributed by atoms with van der Waals surface area (Å²) in [7, 11) is 0. The van der Waals surface area contributed by atoms with Gasteiger partial charge in [0.05, 0.1) is 0 Å². The summed E-state index contributed by atoms with van der Waals surface area (Å²) in [4.78, 5) is 27.4. The molecule has 0 radical (unpaired) electrons. The Morgan fingerprint density at radius 1 is 1.03 bits per heavy atom. The SMILES string of the molecule is CC(=O)C1CC(CC(=O)NC2CCC(Cc3ccccc3)(N3CCCCC3)CC2)C1(C)C. The summed E-state index contributed by atoms with van der Waals surface area (Å²) in [5, 5.41) is 3.36. The Morgan fingerprint density at radius 2 is 1.69 bits per heavy atom. The largest absolute Gasteiger partial charge is 0.353 e. The van der Waals surface area contributed by atoms with E-state index < -0.39 is 0 Å². The summed E-state index contributed by atoms with van der Waals surface area (Å²) < 4.78 is 0. The Hall–Kier alpha value is -1.68. The van der Waals surface area contributed by atoms with Gasteiger partial charge in [-0.2, -0.15) is 0 Å². The van der Waals surface area contributed by atoms with Crippen LogP contribution in [0, 0.1) is 17.3 Å². The van der Waals surface area contributed by atoms with Gasteiger partial charge in [-0.1, -0.05) is 50.6 Å². The highest BCUT2D eigenvalue weighted by atomic mass is 16.1. The van der Waals surface area contributed by atoms with E-state index in [4.69, 9.17) is 0 Å². The van der Waals surface area contributed by atoms with Crippen molar-refractivity contribution in [1.82, 2.24) is 10.2 Å². The van der Waals surface area contributed by atoms with Crippen LogP contribution in [0.2, 0.25) is 0 Å². The van der Waals surface area contributed by atoms with Crippen molar-refractivity contribution >= 4 is 11.7 Å². The highest BCUT2D eigenvalue weighted by Gasteiger charge is 2.50. The fourth-order valence-corrected chi connectivity index (χ4v) is 6.81. The highest BCUT2D eigenvalue weighted by molar-refractivity contribution is 5.81. The van der Waals surface area contributed by atoms with E-state index in [1.807, 2.05) is 0 Å². The molecule has 32 heavy (non-hydrogen) atoms. The third-order valence-corrected chi connectivity index (χ3v) is 9.08. The van der Waals surface area contributed by atoms with Crippen molar-refractivity contribution in [3.8, 4) is 0 Å². The molecule has 176 valence electrons. The third kappa shape index (κ3) is 4.95. The van der Waals surface area contributed by atoms with Crippen LogP contribution in [0.15, 0.2) is 30.3 Å². The fraction of sp³-hybridized carbons (Fsp3) is 0.714. The lowest BCUT2D eigenvalue weighted by Crippen LogP contribution is -2.56. The van der Waals surface area contributed by atoms with Gasteiger partial charge in [0.25, 0.3) is 0 Å². The zero-order chi connectivity index (χ0) is 22.8. The van der Waals surface area contributed by atoms with E-state index in [0.29, 0.717) is 18.4 Å². The predicted octanol–water partition coefficient (Wildman–Crippen LogP) is 5.15. The number of nitrogens with one attached hydrogen (secondary N) is 1. The van der Waals surface area contributed by atoms with Gasteiger partial charge in [0, 0.05) is 23.9 Å². The van der Waals surface area contributed by atoms with Gasteiger partial charge in [-0.25, -0.2) is 0 Å². The van der Waals surface area contributed by atoms with Gasteiger partial charge < -0.3 is 5.32 Å². The maximum atomic E-state index is 12.8. The first-order valence-electron chi connectivity index (χ1n) is 12.9. The van der Waals surface area contributed by atoms with Gasteiger partial charge in [0.2, 0.25) is 5.91 Å². The molecule has 3 fully saturated rings. The van der Waals surface area contributed by atoms with E-state index in [1.165, 1.54) is 37.9 Å². The number of hydrogen-bond donors (Lipinski definition) is 1. The molecular weight excluding hydrogens is 396 g/mol. The number of carbonyl (C=O) groups excluding carboxylic acids is 2. The van der Waals surface area contributed by atoms with Crippen LogP contribution in [-0.4, -0.2) is 41.3 Å². The molecule has 4 heteroatoms. The molecule has 3 aliphatic rings. The number of piperidine rings is 1. The van der Waals surface area contributed by atoms with E-state index in [0.717, 1.165) is 38.5 Å². The molecule has 1 aliphatic heterocycles. The monoisotopic (exact) mass is 438 g/mol. The van der Waals surface area contributed by atoms with Gasteiger partial charge in [0.15, 0.2) is 0 Å². The molecule has 4 nitrogen and oxygen atoms in total. The Labute approximate surface area is 194 Å². The molecule has 1 heterocycles. The first-order chi connectivity index (χ1) is 15.3. The Bertz CT molecular complexity index is 789. The van der Waals surface area contributed by atoms with Crippen molar-refractivity contribution in [2.45, 2.75) is 96.6 Å². The van der Waals surface area contributed by atoms with Gasteiger partial charge in [0.1, 0.15) is 5.78 Å². The van der Waals surface area contributed by atoms with Crippen LogP contribution in [0.25, 0.3) is 0 Å². The lowest BCUT2D eigenvalue weighted by atomic mass is 9.52. The summed E-state index contributed by atoms with van der Waals surface area (Å²) in [6.07, 6.45) is 11.0. The highest BCUT2D eigenvalue weighted by Crippen LogP contribution is 2.53. The Balaban J connectivity index is 1.33. The van der Waals surface area contributed by atoms with E-state index in [1.54, 1.807) is 6.92 Å². The first kappa shape index (κ1) is 23.5. The van der Waals surface area contributed by atoms with Crippen molar-refractivity contribution in [3.63, 3.8) is 0 Å². The van der Waals surface area contributed by atoms with Crippen molar-refractivity contribution < 1.29 is 9.59 Å². The lowest BCUT2D eigenvalue weighted by molar-refractivity contribution is -0.141. The topological polar surface area (TPSA) is 49.4 Å². The number of Topliss-reactive ketones (excluding diaryl/α,β-unsaturated/α-hetero) is 1. The minimum Gasteiger partial charge on any atom is -0.353 e. The average molecular weight is 439 g/mol. The number of ketones is 1. The van der Waals surface area contributed by atoms with Crippen LogP contribution >= 0.6 is 0 Å². The van der Waals surface area contributed by atoms with Crippen LogP contribution in [0.3, 0.4) is 0 Å². The molecule has 2 atom stereocenters. The van der Waals surface area contributed by atoms with E-state index in [2.05, 4.69) is 54.4 Å². The molecule has 1 amide bonds. The summed E-state index contributed by atoms with van der Waals surface area (Å²) in [6.45, 7) is 8.43. The van der Waals surface area contributed by atoms with Crippen molar-refractivity contribution in [2.75, 3.05) is 13.1 Å². The van der Waals surface area contributed by atoms with Crippen LogP contribution in [0.4, 0.5) is 0 Å². The molecule has 2 aliphatic carbocycles. The van der Waals surface area contributed by atoms with Crippen molar-refractivity contribution in [3.05, 3.63) is 35.9 Å². The van der Waals surface area contributed by atoms with Crippen molar-refractivity contribution in [1.29, 1.82) is 0 Å². The molecule has 0 aromatic heterocycles. The van der Waals surface area contributed by atoms with Crippen LogP contribution in [-0.2, 0) is 16.0 Å². The molecule has 2 saturated carbocycles. The molecule has 0 bridgehead atoms. The normalized spacial score (nSPS) is 32.7. The molecule has 1 aromatic rings. The third-order valence-electron chi connectivity index (χ3n) is 9.08. The fourth-order valence-electron chi connectivity index (χ4n) is 6.81. The van der Waals surface area contributed by atoms with Gasteiger partial charge >= 0.3 is 0 Å². The van der Waals surface area contributed by atoms with E-state index >= 15 is 0 Å². The summed E-state index contributed by atoms with van der Waals surface area (Å²) >= 11 is 0. The number of carbonyl (C=O) groups is 2. The minimum absolute atomic E-state index is 0.0468. The second-order valence-electron chi connectivity index (χ2n) is 11.4. The van der Waals surface area contributed by atoms with E-state index in [9.17, 15) is 9.59 Å². The van der Waals surface area contributed by atoms with Gasteiger partial charge in [-0.15, -0.1) is 0 Å². The number of nitrogens with zero attached hydrogens (tertiary/aromatic N) is 1. The second-order valence-corrected chi connectivity index (χ2v) is 11.4. The molecule has 1 aromatic carbocycles. The molecule has 0 spiro atoms. The van der Waals surface area contributed by atoms with E-state index in [-0.39, 0.29) is 28.6 Å². The molecule has 1 N–H and O–H groups in total. The van der Waals surface area contributed by atoms with Crippen molar-refractivity contribution in [2.24, 2.45) is 17.3 Å². The quantitative estimate of drug-likeness (QED) is 0.640. The van der Waals surface area contributed by atoms with Crippen LogP contribution in [0.1, 0.15) is 84.1 Å². The first-order valence-corrected chi connectivity index (χ1v) is 12.9. The summed E-state index contributed by atoms with van der Waals surface area (Å²) in [5.41, 5.74) is 1.63. The number of rotatable bonds is 7. The van der Waals surface area contributed by atoms with Crippen LogP contribution in [0.5, 0.6) is 0 Å². The number of benzene rings is 1. The standard InChI is InChI=1S/C28H42N2O2/c1-21(31)25-18-23(27(25,2)3)19-26(32)29-24-12-14-28(15-13-24,30-16-8-5-9-17-30)20-22-10-6-4-7-11-22/h4,6-7,10-11,23-25H,5,8-9,12-20H2,1-3H3,(H,29,32). The van der Waals surface area contributed by atoms with Gasteiger partial charge in [-0.3, -0.25) is 14.5 Å². The Morgan fingerprint density at radius 3 is 2.28 bits per heavy atom. The number of amides is 1. The summed E-state index contributed by atoms with van der Waals surface area (Å²) in [6, 6.07) is 11.3. The van der Waals surface area contributed by atoms with Gasteiger partial charge in [-0.05, 0) is 88.3 Å². The zero-order valence-corrected chi connectivity index (χ0v) is 20.4. The molecule has 4 rings (SSSR count). The second kappa shape index (κ2) is 9.67. The maximum Gasteiger partial charge on any atom is 0.220 e. The Kier molecular flexibility index (Phi) is 7.09. The molecular formula is C28H42N2O2. The number of hydrogen-bond acceptors (Lipinski definition) is 3. The minimum atomic E-state index is -0.0468. The maximum absolute atomic E-state index is 12.8. The lowest BCUT2D eigenvalue weighted by Gasteiger charge is -2.51. The summed E-state index contributed by atoms with van der Waals surface area (Å²) in [5.74, 6) is 0.902. The zero-order valence-electron chi connectivity index (χ0n) is 20.4. The predicted molar refractivity (Wildman–Crippen MR) is 129 cm³/mol. The average Bonchev–Trinajstić information content (AvgIpc) is 2.79. The van der Waals surface area contributed by atoms with Crippen LogP contribution < -0.4 is 5.32 Å².